The summed E-state index contributed by atoms with van der Waals surface area (Å²) in [6.45, 7) is 6.49. The topological polar surface area (TPSA) is 43.4 Å². The fraction of sp³-hybridized carbons (Fsp3) is 0.538. The van der Waals surface area contributed by atoms with E-state index in [4.69, 9.17) is 4.74 Å². The van der Waals surface area contributed by atoms with E-state index in [-0.39, 0.29) is 18.1 Å². The molecule has 1 aromatic rings. The molecular formula is C13H19FO3S. The molecule has 0 N–H and O–H groups in total. The monoisotopic (exact) mass is 274 g/mol. The van der Waals surface area contributed by atoms with Crippen LogP contribution in [0.1, 0.15) is 26.3 Å². The Hall–Kier alpha value is -1.10. The van der Waals surface area contributed by atoms with E-state index in [9.17, 15) is 12.8 Å². The smallest absolute Gasteiger partial charge is 0.167 e. The van der Waals surface area contributed by atoms with Gasteiger partial charge in [0.25, 0.3) is 0 Å². The summed E-state index contributed by atoms with van der Waals surface area (Å²) in [5.74, 6) is -0.464. The molecule has 1 rings (SSSR count). The van der Waals surface area contributed by atoms with E-state index in [0.717, 1.165) is 0 Å². The minimum atomic E-state index is -3.24. The van der Waals surface area contributed by atoms with Gasteiger partial charge in [0.05, 0.1) is 10.5 Å². The summed E-state index contributed by atoms with van der Waals surface area (Å²) in [5.41, 5.74) is 0.478. The second-order valence-electron chi connectivity index (χ2n) is 5.17. The van der Waals surface area contributed by atoms with E-state index in [1.165, 1.54) is 6.07 Å². The molecule has 0 fully saturated rings. The largest absolute Gasteiger partial charge is 0.489 e. The van der Waals surface area contributed by atoms with Crippen LogP contribution in [0.4, 0.5) is 4.39 Å². The molecule has 0 aromatic heterocycles. The molecule has 0 bridgehead atoms. The Bertz CT molecular complexity index is 516. The summed E-state index contributed by atoms with van der Waals surface area (Å²) >= 11 is 0. The first-order valence-corrected chi connectivity index (χ1v) is 7.40. The van der Waals surface area contributed by atoms with Gasteiger partial charge in [0.15, 0.2) is 21.4 Å². The van der Waals surface area contributed by atoms with Crippen molar-refractivity contribution in [1.82, 2.24) is 0 Å². The molecule has 0 aliphatic heterocycles. The van der Waals surface area contributed by atoms with Crippen LogP contribution in [-0.4, -0.2) is 25.5 Å². The van der Waals surface area contributed by atoms with E-state index >= 15 is 0 Å². The van der Waals surface area contributed by atoms with Gasteiger partial charge in [-0.05, 0) is 39.3 Å². The highest BCUT2D eigenvalue weighted by molar-refractivity contribution is 7.92. The molecule has 1 aromatic carbocycles. The molecule has 5 heteroatoms. The predicted octanol–water partition coefficient (Wildman–Crippen LogP) is 2.73. The van der Waals surface area contributed by atoms with Crippen molar-refractivity contribution >= 4 is 9.84 Å². The Balaban J connectivity index is 2.66. The van der Waals surface area contributed by atoms with Crippen LogP contribution in [0.5, 0.6) is 5.75 Å². The zero-order valence-corrected chi connectivity index (χ0v) is 12.0. The summed E-state index contributed by atoms with van der Waals surface area (Å²) < 4.78 is 41.6. The number of hydrogen-bond acceptors (Lipinski definition) is 3. The van der Waals surface area contributed by atoms with E-state index in [1.54, 1.807) is 39.8 Å². The van der Waals surface area contributed by atoms with E-state index in [1.807, 2.05) is 0 Å². The lowest BCUT2D eigenvalue weighted by atomic mass is 10.2. The van der Waals surface area contributed by atoms with Crippen molar-refractivity contribution in [3.8, 4) is 5.75 Å². The number of halogens is 1. The van der Waals surface area contributed by atoms with Gasteiger partial charge in [-0.1, -0.05) is 12.1 Å². The first kappa shape index (κ1) is 15.0. The number of hydrogen-bond donors (Lipinski definition) is 0. The van der Waals surface area contributed by atoms with Crippen LogP contribution in [0.15, 0.2) is 18.2 Å². The molecule has 0 aliphatic carbocycles. The first-order valence-electron chi connectivity index (χ1n) is 5.75. The normalized spacial score (nSPS) is 12.5. The van der Waals surface area contributed by atoms with Gasteiger partial charge in [-0.15, -0.1) is 0 Å². The molecule has 18 heavy (non-hydrogen) atoms. The van der Waals surface area contributed by atoms with Crippen molar-refractivity contribution in [2.75, 3.05) is 12.4 Å². The van der Waals surface area contributed by atoms with Gasteiger partial charge < -0.3 is 4.74 Å². The third kappa shape index (κ3) is 3.45. The lowest BCUT2D eigenvalue weighted by molar-refractivity contribution is 0.320. The van der Waals surface area contributed by atoms with Gasteiger partial charge in [0.1, 0.15) is 6.61 Å². The lowest BCUT2D eigenvalue weighted by Gasteiger charge is -2.19. The third-order valence-electron chi connectivity index (χ3n) is 2.70. The molecule has 0 aliphatic rings. The van der Waals surface area contributed by atoms with E-state index in [2.05, 4.69) is 0 Å². The molecule has 0 unspecified atom stereocenters. The predicted molar refractivity (Wildman–Crippen MR) is 70.2 cm³/mol. The molecule has 102 valence electrons. The molecule has 3 nitrogen and oxygen atoms in total. The maximum atomic E-state index is 13.6. The Morgan fingerprint density at radius 3 is 2.44 bits per heavy atom. The second kappa shape index (κ2) is 5.26. The zero-order valence-electron chi connectivity index (χ0n) is 11.2. The highest BCUT2D eigenvalue weighted by atomic mass is 32.2. The fourth-order valence-corrected chi connectivity index (χ4v) is 2.21. The zero-order chi connectivity index (χ0) is 14.0. The number of benzene rings is 1. The maximum absolute atomic E-state index is 13.6. The maximum Gasteiger partial charge on any atom is 0.167 e. The van der Waals surface area contributed by atoms with Crippen LogP contribution in [0.25, 0.3) is 0 Å². The van der Waals surface area contributed by atoms with Crippen LogP contribution in [0, 0.1) is 12.7 Å². The molecular weight excluding hydrogens is 255 g/mol. The molecule has 0 atom stereocenters. The highest BCUT2D eigenvalue weighted by Crippen LogP contribution is 2.20. The van der Waals surface area contributed by atoms with Crippen molar-refractivity contribution in [1.29, 1.82) is 0 Å². The number of rotatable bonds is 4. The Labute approximate surface area is 108 Å². The minimum absolute atomic E-state index is 0.0417. The second-order valence-corrected chi connectivity index (χ2v) is 8.03. The minimum Gasteiger partial charge on any atom is -0.489 e. The van der Waals surface area contributed by atoms with Crippen LogP contribution < -0.4 is 4.74 Å². The van der Waals surface area contributed by atoms with Gasteiger partial charge in [-0.25, -0.2) is 12.8 Å². The lowest BCUT2D eigenvalue weighted by Crippen LogP contribution is -2.32. The van der Waals surface area contributed by atoms with Crippen LogP contribution in [-0.2, 0) is 9.84 Å². The Morgan fingerprint density at radius 2 is 1.89 bits per heavy atom. The number of aryl methyl sites for hydroxylation is 1. The quantitative estimate of drug-likeness (QED) is 0.848. The highest BCUT2D eigenvalue weighted by Gasteiger charge is 2.28. The van der Waals surface area contributed by atoms with Crippen molar-refractivity contribution in [3.05, 3.63) is 29.6 Å². The molecule has 0 radical (unpaired) electrons. The number of sulfone groups is 1. The molecule has 0 amide bonds. The fourth-order valence-electron chi connectivity index (χ4n) is 1.30. The SMILES string of the molecule is Cc1cccc(OCCS(=O)(=O)C(C)(C)C)c1F. The van der Waals surface area contributed by atoms with E-state index in [0.29, 0.717) is 5.56 Å². The summed E-state index contributed by atoms with van der Waals surface area (Å²) in [6.07, 6.45) is 0. The van der Waals surface area contributed by atoms with Crippen molar-refractivity contribution in [2.45, 2.75) is 32.4 Å². The average Bonchev–Trinajstić information content (AvgIpc) is 2.22. The molecule has 0 saturated carbocycles. The van der Waals surface area contributed by atoms with Crippen molar-refractivity contribution in [3.63, 3.8) is 0 Å². The van der Waals surface area contributed by atoms with Gasteiger partial charge >= 0.3 is 0 Å². The van der Waals surface area contributed by atoms with Crippen LogP contribution in [0.2, 0.25) is 0 Å². The molecule has 0 heterocycles. The standard InChI is InChI=1S/C13H19FO3S/c1-10-6-5-7-11(12(10)14)17-8-9-18(15,16)13(2,3)4/h5-7H,8-9H2,1-4H3. The first-order chi connectivity index (χ1) is 8.15. The summed E-state index contributed by atoms with van der Waals surface area (Å²) in [7, 11) is -3.24. The van der Waals surface area contributed by atoms with Gasteiger partial charge in [-0.3, -0.25) is 0 Å². The summed E-state index contributed by atoms with van der Waals surface area (Å²) in [4.78, 5) is 0. The summed E-state index contributed by atoms with van der Waals surface area (Å²) in [5, 5.41) is 0. The van der Waals surface area contributed by atoms with Crippen LogP contribution >= 0.6 is 0 Å². The molecule has 0 saturated heterocycles. The van der Waals surface area contributed by atoms with Crippen molar-refractivity contribution in [2.24, 2.45) is 0 Å². The molecule has 0 spiro atoms. The Kier molecular flexibility index (Phi) is 4.37. The number of ether oxygens (including phenoxy) is 1. The van der Waals surface area contributed by atoms with Gasteiger partial charge in [0.2, 0.25) is 0 Å². The summed E-state index contributed by atoms with van der Waals surface area (Å²) in [6, 6.07) is 4.80. The van der Waals surface area contributed by atoms with Crippen molar-refractivity contribution < 1.29 is 17.5 Å². The third-order valence-corrected chi connectivity index (χ3v) is 5.27. The Morgan fingerprint density at radius 1 is 1.28 bits per heavy atom. The van der Waals surface area contributed by atoms with E-state index < -0.39 is 20.4 Å². The van der Waals surface area contributed by atoms with Gasteiger partial charge in [-0.2, -0.15) is 0 Å². The average molecular weight is 274 g/mol. The van der Waals surface area contributed by atoms with Crippen LogP contribution in [0.3, 0.4) is 0 Å². The van der Waals surface area contributed by atoms with Gasteiger partial charge in [0, 0.05) is 0 Å².